The summed E-state index contributed by atoms with van der Waals surface area (Å²) in [6, 6.07) is 27.4. The van der Waals surface area contributed by atoms with Crippen molar-refractivity contribution in [2.75, 3.05) is 19.0 Å². The third-order valence-corrected chi connectivity index (χ3v) is 6.88. The average molecular weight is 602 g/mol. The number of hydrogen-bond donors (Lipinski definition) is 2. The topological polar surface area (TPSA) is 89.1 Å². The van der Waals surface area contributed by atoms with Gasteiger partial charge in [-0.3, -0.25) is 15.0 Å². The number of nitrogens with zero attached hydrogens (tertiary/aromatic N) is 1. The largest absolute Gasteiger partial charge is 0.497 e. The van der Waals surface area contributed by atoms with Gasteiger partial charge in [0.2, 0.25) is 0 Å². The van der Waals surface area contributed by atoms with Crippen LogP contribution in [0.15, 0.2) is 95.5 Å². The number of benzene rings is 4. The predicted molar refractivity (Wildman–Crippen MR) is 156 cm³/mol. The van der Waals surface area contributed by atoms with Crippen LogP contribution in [0.1, 0.15) is 44.9 Å². The van der Waals surface area contributed by atoms with Crippen LogP contribution >= 0.6 is 15.9 Å². The van der Waals surface area contributed by atoms with Gasteiger partial charge in [-0.2, -0.15) is 0 Å². The highest BCUT2D eigenvalue weighted by Crippen LogP contribution is 2.38. The van der Waals surface area contributed by atoms with Gasteiger partial charge >= 0.3 is 0 Å². The van der Waals surface area contributed by atoms with E-state index in [1.165, 1.54) is 5.01 Å². The lowest BCUT2D eigenvalue weighted by atomic mass is 10.0. The fourth-order valence-electron chi connectivity index (χ4n) is 4.45. The number of carbonyl (C=O) groups excluding carboxylic acids is 2. The Morgan fingerprint density at radius 1 is 0.950 bits per heavy atom. The van der Waals surface area contributed by atoms with Crippen LogP contribution in [0.2, 0.25) is 0 Å². The molecule has 0 aliphatic carbocycles. The molecule has 9 heteroatoms. The van der Waals surface area contributed by atoms with Crippen LogP contribution in [-0.4, -0.2) is 30.5 Å². The molecule has 4 aromatic carbocycles. The van der Waals surface area contributed by atoms with E-state index in [-0.39, 0.29) is 5.91 Å². The molecule has 2 N–H and O–H groups in total. The number of ether oxygens (including phenoxy) is 3. The number of carbonyl (C=O) groups is 2. The zero-order valence-corrected chi connectivity index (χ0v) is 23.6. The fourth-order valence-corrected chi connectivity index (χ4v) is 4.81. The molecular formula is C31H28BrN3O5. The molecule has 1 aliphatic rings. The SMILES string of the molecule is CCOc1ccc(OC)cc1C1Nc2ccc(Br)cc2C(=O)N1NC(=O)c1ccccc1OCc1ccccc1. The second-order valence-corrected chi connectivity index (χ2v) is 9.88. The van der Waals surface area contributed by atoms with Gasteiger partial charge in [0.25, 0.3) is 11.8 Å². The first kappa shape index (κ1) is 27.1. The van der Waals surface area contributed by atoms with Crippen LogP contribution in [0, 0.1) is 0 Å². The van der Waals surface area contributed by atoms with E-state index in [9.17, 15) is 9.59 Å². The Hall–Kier alpha value is -4.50. The number of nitrogens with one attached hydrogen (secondary N) is 2. The van der Waals surface area contributed by atoms with E-state index < -0.39 is 12.1 Å². The molecule has 0 bridgehead atoms. The third kappa shape index (κ3) is 5.74. The number of amides is 2. The van der Waals surface area contributed by atoms with Gasteiger partial charge < -0.3 is 19.5 Å². The molecule has 0 saturated carbocycles. The third-order valence-electron chi connectivity index (χ3n) is 6.38. The van der Waals surface area contributed by atoms with Gasteiger partial charge in [0.05, 0.1) is 24.8 Å². The molecule has 1 heterocycles. The van der Waals surface area contributed by atoms with Crippen LogP contribution in [0.25, 0.3) is 0 Å². The average Bonchev–Trinajstić information content (AvgIpc) is 2.98. The first-order valence-electron chi connectivity index (χ1n) is 12.8. The molecule has 1 aliphatic heterocycles. The zero-order valence-electron chi connectivity index (χ0n) is 22.0. The monoisotopic (exact) mass is 601 g/mol. The van der Waals surface area contributed by atoms with Crippen molar-refractivity contribution < 1.29 is 23.8 Å². The lowest BCUT2D eigenvalue weighted by Gasteiger charge is -2.38. The quantitative estimate of drug-likeness (QED) is 0.232. The molecular weight excluding hydrogens is 574 g/mol. The molecule has 0 fully saturated rings. The highest BCUT2D eigenvalue weighted by molar-refractivity contribution is 9.10. The molecule has 0 aromatic heterocycles. The number of hydrogen-bond acceptors (Lipinski definition) is 6. The lowest BCUT2D eigenvalue weighted by Crippen LogP contribution is -2.53. The molecule has 4 aromatic rings. The summed E-state index contributed by atoms with van der Waals surface area (Å²) in [4.78, 5) is 27.6. The van der Waals surface area contributed by atoms with E-state index in [4.69, 9.17) is 14.2 Å². The van der Waals surface area contributed by atoms with Gasteiger partial charge in [0.1, 0.15) is 23.9 Å². The maximum Gasteiger partial charge on any atom is 0.276 e. The molecule has 2 amide bonds. The Bertz CT molecular complexity index is 1530. The number of para-hydroxylation sites is 1. The second-order valence-electron chi connectivity index (χ2n) is 8.96. The molecule has 40 heavy (non-hydrogen) atoms. The second kappa shape index (κ2) is 12.1. The molecule has 0 saturated heterocycles. The summed E-state index contributed by atoms with van der Waals surface area (Å²) >= 11 is 3.44. The summed E-state index contributed by atoms with van der Waals surface area (Å²) in [6.45, 7) is 2.59. The summed E-state index contributed by atoms with van der Waals surface area (Å²) < 4.78 is 18.1. The van der Waals surface area contributed by atoms with Gasteiger partial charge in [-0.05, 0) is 61.0 Å². The minimum Gasteiger partial charge on any atom is -0.497 e. The number of hydrazine groups is 1. The van der Waals surface area contributed by atoms with Crippen molar-refractivity contribution in [1.82, 2.24) is 10.4 Å². The van der Waals surface area contributed by atoms with Crippen molar-refractivity contribution in [3.05, 3.63) is 118 Å². The van der Waals surface area contributed by atoms with Gasteiger partial charge in [0, 0.05) is 15.7 Å². The predicted octanol–water partition coefficient (Wildman–Crippen LogP) is 6.35. The molecule has 8 nitrogen and oxygen atoms in total. The molecule has 204 valence electrons. The van der Waals surface area contributed by atoms with Crippen LogP contribution in [0.5, 0.6) is 17.2 Å². The maximum atomic E-state index is 13.9. The normalized spacial score (nSPS) is 14.1. The standard InChI is InChI=1S/C31H28BrN3O5/c1-3-39-28-16-14-22(38-2)18-25(28)29-33-26-15-13-21(32)17-24(26)31(37)35(29)34-30(36)23-11-7-8-12-27(23)40-19-20-9-5-4-6-10-20/h4-18,29,33H,3,19H2,1-2H3,(H,34,36). The maximum absolute atomic E-state index is 13.9. The Kier molecular flexibility index (Phi) is 8.21. The van der Waals surface area contributed by atoms with Crippen molar-refractivity contribution in [2.24, 2.45) is 0 Å². The van der Waals surface area contributed by atoms with E-state index in [1.807, 2.05) is 49.4 Å². The molecule has 0 spiro atoms. The number of halogens is 1. The van der Waals surface area contributed by atoms with Gasteiger partial charge in [-0.1, -0.05) is 58.4 Å². The zero-order chi connectivity index (χ0) is 28.1. The summed E-state index contributed by atoms with van der Waals surface area (Å²) in [5, 5.41) is 4.67. The van der Waals surface area contributed by atoms with E-state index in [0.29, 0.717) is 52.8 Å². The van der Waals surface area contributed by atoms with E-state index >= 15 is 0 Å². The highest BCUT2D eigenvalue weighted by Gasteiger charge is 2.37. The van der Waals surface area contributed by atoms with Gasteiger partial charge in [-0.25, -0.2) is 5.01 Å². The first-order valence-corrected chi connectivity index (χ1v) is 13.5. The summed E-state index contributed by atoms with van der Waals surface area (Å²) in [6.07, 6.45) is -0.792. The molecule has 1 unspecified atom stereocenters. The highest BCUT2D eigenvalue weighted by atomic mass is 79.9. The number of rotatable bonds is 9. The molecule has 5 rings (SSSR count). The Labute approximate surface area is 241 Å². The van der Waals surface area contributed by atoms with Gasteiger partial charge in [0.15, 0.2) is 6.17 Å². The smallest absolute Gasteiger partial charge is 0.276 e. The van der Waals surface area contributed by atoms with Crippen molar-refractivity contribution in [1.29, 1.82) is 0 Å². The Morgan fingerprint density at radius 3 is 2.50 bits per heavy atom. The molecule has 0 radical (unpaired) electrons. The van der Waals surface area contributed by atoms with Crippen LogP contribution in [0.3, 0.4) is 0 Å². The lowest BCUT2D eigenvalue weighted by molar-refractivity contribution is 0.0486. The fraction of sp³-hybridized carbons (Fsp3) is 0.161. The summed E-state index contributed by atoms with van der Waals surface area (Å²) in [5.74, 6) is 0.655. The van der Waals surface area contributed by atoms with Crippen molar-refractivity contribution >= 4 is 33.4 Å². The van der Waals surface area contributed by atoms with Gasteiger partial charge in [-0.15, -0.1) is 0 Å². The van der Waals surface area contributed by atoms with E-state index in [0.717, 1.165) is 10.0 Å². The number of anilines is 1. The minimum absolute atomic E-state index is 0.292. The van der Waals surface area contributed by atoms with Crippen LogP contribution in [0.4, 0.5) is 5.69 Å². The van der Waals surface area contributed by atoms with E-state index in [2.05, 4.69) is 26.7 Å². The Balaban J connectivity index is 1.50. The first-order chi connectivity index (χ1) is 19.5. The number of methoxy groups -OCH3 is 1. The minimum atomic E-state index is -0.792. The summed E-state index contributed by atoms with van der Waals surface area (Å²) in [5.41, 5.74) is 5.74. The molecule has 1 atom stereocenters. The van der Waals surface area contributed by atoms with Crippen molar-refractivity contribution in [2.45, 2.75) is 19.7 Å². The van der Waals surface area contributed by atoms with Crippen molar-refractivity contribution in [3.63, 3.8) is 0 Å². The number of fused-ring (bicyclic) bond motifs is 1. The Morgan fingerprint density at radius 2 is 1.73 bits per heavy atom. The van der Waals surface area contributed by atoms with Crippen LogP contribution < -0.4 is 25.0 Å². The van der Waals surface area contributed by atoms with E-state index in [1.54, 1.807) is 55.6 Å². The summed E-state index contributed by atoms with van der Waals surface area (Å²) in [7, 11) is 1.57. The van der Waals surface area contributed by atoms with Crippen molar-refractivity contribution in [3.8, 4) is 17.2 Å². The van der Waals surface area contributed by atoms with Crippen LogP contribution in [-0.2, 0) is 6.61 Å².